The van der Waals surface area contributed by atoms with Gasteiger partial charge in [0.25, 0.3) is 0 Å². The number of rotatable bonds is 4. The van der Waals surface area contributed by atoms with E-state index in [1.807, 2.05) is 30.6 Å². The van der Waals surface area contributed by atoms with Crippen molar-refractivity contribution in [3.63, 3.8) is 0 Å². The van der Waals surface area contributed by atoms with Crippen LogP contribution in [0, 0.1) is 11.8 Å². The van der Waals surface area contributed by atoms with Crippen LogP contribution in [0.3, 0.4) is 0 Å². The highest BCUT2D eigenvalue weighted by Crippen LogP contribution is 2.36. The lowest BCUT2D eigenvalue weighted by molar-refractivity contribution is 0.304. The summed E-state index contributed by atoms with van der Waals surface area (Å²) >= 11 is 0. The van der Waals surface area contributed by atoms with E-state index in [4.69, 9.17) is 9.72 Å². The van der Waals surface area contributed by atoms with Gasteiger partial charge in [-0.05, 0) is 48.2 Å². The molecular formula is C22H24N4O. The zero-order valence-electron chi connectivity index (χ0n) is 15.6. The summed E-state index contributed by atoms with van der Waals surface area (Å²) in [7, 11) is 1.70. The van der Waals surface area contributed by atoms with Gasteiger partial charge in [0.2, 0.25) is 0 Å². The third-order valence-corrected chi connectivity index (χ3v) is 5.95. The van der Waals surface area contributed by atoms with Crippen LogP contribution in [-0.2, 0) is 19.5 Å². The Hall–Kier alpha value is -2.66. The lowest BCUT2D eigenvalue weighted by Gasteiger charge is -2.27. The molecule has 5 heteroatoms. The first-order chi connectivity index (χ1) is 13.3. The van der Waals surface area contributed by atoms with Gasteiger partial charge in [0.05, 0.1) is 24.7 Å². The number of nitrogens with zero attached hydrogens (tertiary/aromatic N) is 4. The topological polar surface area (TPSA) is 43.2 Å². The molecule has 0 amide bonds. The second-order valence-electron chi connectivity index (χ2n) is 7.64. The van der Waals surface area contributed by atoms with Crippen molar-refractivity contribution in [2.24, 2.45) is 11.8 Å². The first-order valence-electron chi connectivity index (χ1n) is 9.61. The van der Waals surface area contributed by atoms with Crippen molar-refractivity contribution in [3.8, 4) is 17.0 Å². The summed E-state index contributed by atoms with van der Waals surface area (Å²) in [5.74, 6) is 3.50. The van der Waals surface area contributed by atoms with Crippen molar-refractivity contribution in [3.05, 3.63) is 66.4 Å². The van der Waals surface area contributed by atoms with Crippen LogP contribution in [0.5, 0.6) is 5.75 Å². The molecule has 2 atom stereocenters. The third-order valence-electron chi connectivity index (χ3n) is 5.95. The second-order valence-corrected chi connectivity index (χ2v) is 7.64. The van der Waals surface area contributed by atoms with Gasteiger partial charge in [0, 0.05) is 44.4 Å². The van der Waals surface area contributed by atoms with Crippen LogP contribution in [-0.4, -0.2) is 39.6 Å². The zero-order valence-corrected chi connectivity index (χ0v) is 15.6. The van der Waals surface area contributed by atoms with Crippen LogP contribution in [0.4, 0.5) is 0 Å². The van der Waals surface area contributed by atoms with E-state index in [0.29, 0.717) is 11.8 Å². The molecule has 0 unspecified atom stereocenters. The molecule has 2 aliphatic rings. The Balaban J connectivity index is 1.33. The lowest BCUT2D eigenvalue weighted by atomic mass is 9.89. The van der Waals surface area contributed by atoms with Crippen molar-refractivity contribution in [1.82, 2.24) is 19.4 Å². The largest absolute Gasteiger partial charge is 0.497 e. The highest BCUT2D eigenvalue weighted by Gasteiger charge is 2.37. The molecule has 0 N–H and O–H groups in total. The minimum Gasteiger partial charge on any atom is -0.497 e. The van der Waals surface area contributed by atoms with Gasteiger partial charge in [-0.2, -0.15) is 0 Å². The fourth-order valence-electron chi connectivity index (χ4n) is 4.57. The summed E-state index contributed by atoms with van der Waals surface area (Å²) < 4.78 is 7.71. The molecule has 0 spiro atoms. The molecule has 0 radical (unpaired) electrons. The van der Waals surface area contributed by atoms with E-state index < -0.39 is 0 Å². The average molecular weight is 360 g/mol. The summed E-state index contributed by atoms with van der Waals surface area (Å²) in [6, 6.07) is 14.5. The molecule has 1 aromatic carbocycles. The molecule has 1 fully saturated rings. The number of methoxy groups -OCH3 is 1. The van der Waals surface area contributed by atoms with Gasteiger partial charge in [0.1, 0.15) is 11.6 Å². The average Bonchev–Trinajstić information content (AvgIpc) is 3.29. The molecule has 27 heavy (non-hydrogen) atoms. The molecule has 5 rings (SSSR count). The molecule has 138 valence electrons. The van der Waals surface area contributed by atoms with E-state index in [-0.39, 0.29) is 0 Å². The summed E-state index contributed by atoms with van der Waals surface area (Å²) in [6.07, 6.45) is 4.98. The van der Waals surface area contributed by atoms with Crippen molar-refractivity contribution in [2.45, 2.75) is 19.5 Å². The maximum Gasteiger partial charge on any atom is 0.118 e. The van der Waals surface area contributed by atoms with Crippen molar-refractivity contribution in [1.29, 1.82) is 0 Å². The van der Waals surface area contributed by atoms with Gasteiger partial charge in [-0.1, -0.05) is 6.07 Å². The molecule has 2 aromatic heterocycles. The molecule has 2 aliphatic heterocycles. The molecule has 0 aliphatic carbocycles. The number of hydrogen-bond acceptors (Lipinski definition) is 4. The number of aromatic nitrogens is 3. The lowest BCUT2D eigenvalue weighted by Crippen LogP contribution is -2.28. The number of pyridine rings is 1. The van der Waals surface area contributed by atoms with E-state index in [1.54, 1.807) is 7.11 Å². The van der Waals surface area contributed by atoms with E-state index in [9.17, 15) is 0 Å². The monoisotopic (exact) mass is 360 g/mol. The molecule has 0 bridgehead atoms. The van der Waals surface area contributed by atoms with Gasteiger partial charge in [0.15, 0.2) is 0 Å². The van der Waals surface area contributed by atoms with Crippen LogP contribution < -0.4 is 4.74 Å². The van der Waals surface area contributed by atoms with E-state index in [0.717, 1.165) is 44.0 Å². The first-order valence-corrected chi connectivity index (χ1v) is 9.61. The van der Waals surface area contributed by atoms with Crippen molar-refractivity contribution in [2.75, 3.05) is 20.2 Å². The highest BCUT2D eigenvalue weighted by molar-refractivity contribution is 5.60. The molecular weight excluding hydrogens is 336 g/mol. The minimum atomic E-state index is 0.687. The van der Waals surface area contributed by atoms with Crippen LogP contribution in [0.25, 0.3) is 11.3 Å². The molecule has 3 aromatic rings. The molecule has 0 saturated carbocycles. The maximum atomic E-state index is 5.28. The number of likely N-dealkylation sites (tertiary alicyclic amines) is 1. The zero-order chi connectivity index (χ0) is 18.2. The Morgan fingerprint density at radius 2 is 1.85 bits per heavy atom. The third kappa shape index (κ3) is 3.12. The molecule has 1 saturated heterocycles. The number of hydrogen-bond donors (Lipinski definition) is 0. The van der Waals surface area contributed by atoms with Gasteiger partial charge in [-0.25, -0.2) is 4.98 Å². The van der Waals surface area contributed by atoms with Crippen LogP contribution >= 0.6 is 0 Å². The van der Waals surface area contributed by atoms with E-state index >= 15 is 0 Å². The maximum absolute atomic E-state index is 5.28. The second kappa shape index (κ2) is 6.82. The fraction of sp³-hybridized carbons (Fsp3) is 0.364. The molecule has 5 nitrogen and oxygen atoms in total. The van der Waals surface area contributed by atoms with Gasteiger partial charge in [-0.15, -0.1) is 0 Å². The van der Waals surface area contributed by atoms with Crippen LogP contribution in [0.2, 0.25) is 0 Å². The van der Waals surface area contributed by atoms with Crippen molar-refractivity contribution >= 4 is 0 Å². The highest BCUT2D eigenvalue weighted by atomic mass is 16.5. The fourth-order valence-corrected chi connectivity index (χ4v) is 4.57. The smallest absolute Gasteiger partial charge is 0.118 e. The quantitative estimate of drug-likeness (QED) is 0.716. The van der Waals surface area contributed by atoms with Crippen LogP contribution in [0.1, 0.15) is 11.5 Å². The Morgan fingerprint density at radius 1 is 1.00 bits per heavy atom. The molecule has 4 heterocycles. The predicted octanol–water partition coefficient (Wildman–Crippen LogP) is 3.26. The van der Waals surface area contributed by atoms with Gasteiger partial charge < -0.3 is 9.30 Å². The number of ether oxygens (including phenoxy) is 1. The summed E-state index contributed by atoms with van der Waals surface area (Å²) in [4.78, 5) is 11.8. The minimum absolute atomic E-state index is 0.687. The van der Waals surface area contributed by atoms with E-state index in [2.05, 4.69) is 38.7 Å². The Kier molecular flexibility index (Phi) is 4.17. The van der Waals surface area contributed by atoms with Crippen molar-refractivity contribution < 1.29 is 4.74 Å². The number of imidazole rings is 1. The Morgan fingerprint density at radius 3 is 2.63 bits per heavy atom. The first kappa shape index (κ1) is 16.5. The number of benzene rings is 1. The standard InChI is InChI=1S/C22H24N4O/c1-27-20-7-5-16(6-8-20)21-11-24-22-10-17-12-25(13-18(17)14-26(21)22)15-19-4-2-3-9-23-19/h2-9,11,17-18H,10,12-15H2,1H3/t17-,18-/m0/s1. The number of fused-ring (bicyclic) bond motifs is 2. The normalized spacial score (nSPS) is 21.7. The summed E-state index contributed by atoms with van der Waals surface area (Å²) in [5.41, 5.74) is 3.58. The van der Waals surface area contributed by atoms with Gasteiger partial charge >= 0.3 is 0 Å². The van der Waals surface area contributed by atoms with Gasteiger partial charge in [-0.3, -0.25) is 9.88 Å². The Labute approximate surface area is 159 Å². The predicted molar refractivity (Wildman–Crippen MR) is 104 cm³/mol. The SMILES string of the molecule is COc1ccc(-c2cnc3n2C[C@@H]2CN(Cc4ccccn4)C[C@@H]2C3)cc1. The summed E-state index contributed by atoms with van der Waals surface area (Å²) in [5, 5.41) is 0. The van der Waals surface area contributed by atoms with E-state index in [1.165, 1.54) is 17.1 Å². The summed E-state index contributed by atoms with van der Waals surface area (Å²) in [6.45, 7) is 4.29. The Bertz CT molecular complexity index is 919. The van der Waals surface area contributed by atoms with Crippen LogP contribution in [0.15, 0.2) is 54.9 Å².